The number of carbonyl (C=O) groups is 1. The number of hydrogen-bond donors (Lipinski definition) is 0. The topological polar surface area (TPSA) is 86.4 Å². The van der Waals surface area contributed by atoms with Gasteiger partial charge < -0.3 is 14.2 Å². The molecule has 1 aromatic heterocycles. The van der Waals surface area contributed by atoms with E-state index in [2.05, 4.69) is 36.7 Å². The fourth-order valence-electron chi connectivity index (χ4n) is 3.18. The average molecular weight is 426 g/mol. The highest BCUT2D eigenvalue weighted by Crippen LogP contribution is 2.33. The molecule has 0 N–H and O–H groups in total. The van der Waals surface area contributed by atoms with Gasteiger partial charge in [0.2, 0.25) is 6.29 Å². The molecule has 0 aliphatic heterocycles. The molecule has 2 aromatic rings. The van der Waals surface area contributed by atoms with E-state index in [1.807, 2.05) is 45.0 Å². The van der Waals surface area contributed by atoms with E-state index in [1.165, 1.54) is 7.11 Å². The number of methoxy groups -OCH3 is 1. The fourth-order valence-corrected chi connectivity index (χ4v) is 3.18. The zero-order chi connectivity index (χ0) is 23.3. The molecule has 166 valence electrons. The van der Waals surface area contributed by atoms with Crippen LogP contribution in [0.4, 0.5) is 4.79 Å². The Morgan fingerprint density at radius 1 is 1.19 bits per heavy atom. The van der Waals surface area contributed by atoms with Gasteiger partial charge in [-0.15, -0.1) is 0 Å². The summed E-state index contributed by atoms with van der Waals surface area (Å²) in [6.45, 7) is 14.4. The van der Waals surface area contributed by atoms with E-state index in [4.69, 9.17) is 9.47 Å². The molecule has 1 unspecified atom stereocenters. The van der Waals surface area contributed by atoms with Crippen molar-refractivity contribution >= 4 is 17.5 Å². The van der Waals surface area contributed by atoms with Crippen LogP contribution in [0, 0.1) is 25.2 Å². The third-order valence-electron chi connectivity index (χ3n) is 5.03. The first-order valence-corrected chi connectivity index (χ1v) is 10.2. The summed E-state index contributed by atoms with van der Waals surface area (Å²) in [4.78, 5) is 11.6. The fraction of sp³-hybridized carbons (Fsp3) is 0.458. The van der Waals surface area contributed by atoms with Gasteiger partial charge in [0, 0.05) is 19.0 Å². The maximum Gasteiger partial charge on any atom is 0.511 e. The summed E-state index contributed by atoms with van der Waals surface area (Å²) in [5.41, 5.74) is 4.59. The Kier molecular flexibility index (Phi) is 7.50. The van der Waals surface area contributed by atoms with Crippen LogP contribution in [0.2, 0.25) is 0 Å². The monoisotopic (exact) mass is 425 g/mol. The smallest absolute Gasteiger partial charge is 0.451 e. The molecule has 0 saturated carbocycles. The minimum absolute atomic E-state index is 0.00816. The highest BCUT2D eigenvalue weighted by molar-refractivity contribution is 5.94. The van der Waals surface area contributed by atoms with Gasteiger partial charge in [-0.3, -0.25) is 4.68 Å². The van der Waals surface area contributed by atoms with E-state index in [0.29, 0.717) is 29.1 Å². The van der Waals surface area contributed by atoms with Crippen LogP contribution < -0.4 is 0 Å². The molecule has 0 amide bonds. The number of nitriles is 1. The summed E-state index contributed by atoms with van der Waals surface area (Å²) in [6.07, 6.45) is -1.84. The Bertz CT molecular complexity index is 1010. The van der Waals surface area contributed by atoms with Crippen LogP contribution in [0.3, 0.4) is 0 Å². The normalized spacial score (nSPS) is 13.1. The molecule has 0 fully saturated rings. The summed E-state index contributed by atoms with van der Waals surface area (Å²) in [6, 6.07) is 10.1. The van der Waals surface area contributed by atoms with Crippen LogP contribution in [0.1, 0.15) is 62.7 Å². The van der Waals surface area contributed by atoms with Gasteiger partial charge in [-0.2, -0.15) is 10.4 Å². The van der Waals surface area contributed by atoms with E-state index in [0.717, 1.165) is 16.8 Å². The Hall–Kier alpha value is -3.27. The number of nitrogens with zero attached hydrogens (tertiary/aromatic N) is 3. The lowest BCUT2D eigenvalue weighted by Gasteiger charge is -2.21. The van der Waals surface area contributed by atoms with Crippen molar-refractivity contribution in [2.45, 2.75) is 66.7 Å². The lowest BCUT2D eigenvalue weighted by atomic mass is 9.86. The van der Waals surface area contributed by atoms with E-state index in [1.54, 1.807) is 11.6 Å². The first kappa shape index (κ1) is 24.0. The van der Waals surface area contributed by atoms with Gasteiger partial charge in [-0.25, -0.2) is 4.79 Å². The van der Waals surface area contributed by atoms with Crippen molar-refractivity contribution in [2.24, 2.45) is 0 Å². The first-order chi connectivity index (χ1) is 14.5. The first-order valence-electron chi connectivity index (χ1n) is 10.2. The molecule has 0 aliphatic carbocycles. The molecular weight excluding hydrogens is 394 g/mol. The minimum atomic E-state index is -0.973. The molecule has 0 bridgehead atoms. The second kappa shape index (κ2) is 9.69. The Balaban J connectivity index is 2.68. The number of allylic oxidation sites excluding steroid dienone is 1. The van der Waals surface area contributed by atoms with Crippen LogP contribution in [-0.2, 0) is 26.2 Å². The van der Waals surface area contributed by atoms with Gasteiger partial charge in [0.1, 0.15) is 17.3 Å². The van der Waals surface area contributed by atoms with Crippen molar-refractivity contribution in [1.82, 2.24) is 9.78 Å². The summed E-state index contributed by atoms with van der Waals surface area (Å²) in [7, 11) is 1.23. The molecule has 1 aromatic carbocycles. The lowest BCUT2D eigenvalue weighted by Crippen LogP contribution is -2.19. The zero-order valence-corrected chi connectivity index (χ0v) is 19.6. The second-order valence-corrected chi connectivity index (χ2v) is 8.28. The van der Waals surface area contributed by atoms with Crippen LogP contribution >= 0.6 is 0 Å². The number of aryl methyl sites for hydroxylation is 2. The number of hydrogen-bond acceptors (Lipinski definition) is 6. The summed E-state index contributed by atoms with van der Waals surface area (Å²) < 4.78 is 17.5. The molecule has 0 aliphatic rings. The maximum absolute atomic E-state index is 11.6. The predicted octanol–water partition coefficient (Wildman–Crippen LogP) is 5.35. The van der Waals surface area contributed by atoms with E-state index in [9.17, 15) is 10.1 Å². The third kappa shape index (κ3) is 5.46. The van der Waals surface area contributed by atoms with Gasteiger partial charge in [-0.1, -0.05) is 45.0 Å². The van der Waals surface area contributed by atoms with Crippen LogP contribution in [-0.4, -0.2) is 29.3 Å². The van der Waals surface area contributed by atoms with Crippen LogP contribution in [0.5, 0.6) is 0 Å². The Morgan fingerprint density at radius 3 is 2.29 bits per heavy atom. The summed E-state index contributed by atoms with van der Waals surface area (Å²) >= 11 is 0. The highest BCUT2D eigenvalue weighted by atomic mass is 16.8. The number of aromatic nitrogens is 2. The van der Waals surface area contributed by atoms with Gasteiger partial charge >= 0.3 is 6.16 Å². The van der Waals surface area contributed by atoms with Gasteiger partial charge in [0.15, 0.2) is 5.76 Å². The quantitative estimate of drug-likeness (QED) is 0.268. The number of rotatable bonds is 6. The molecule has 31 heavy (non-hydrogen) atoms. The molecule has 0 radical (unpaired) electrons. The highest BCUT2D eigenvalue weighted by Gasteiger charge is 2.25. The van der Waals surface area contributed by atoms with Crippen molar-refractivity contribution in [2.75, 3.05) is 7.11 Å². The van der Waals surface area contributed by atoms with Crippen molar-refractivity contribution in [3.63, 3.8) is 0 Å². The number of benzene rings is 1. The van der Waals surface area contributed by atoms with Crippen molar-refractivity contribution in [3.05, 3.63) is 52.3 Å². The van der Waals surface area contributed by atoms with Gasteiger partial charge in [0.25, 0.3) is 0 Å². The Labute approximate surface area is 184 Å². The van der Waals surface area contributed by atoms with Crippen molar-refractivity contribution in [3.8, 4) is 6.07 Å². The van der Waals surface area contributed by atoms with Gasteiger partial charge in [-0.05, 0) is 37.3 Å². The molecule has 0 spiro atoms. The number of carbonyl (C=O) groups excluding carboxylic acids is 1. The molecule has 2 rings (SSSR count). The summed E-state index contributed by atoms with van der Waals surface area (Å²) in [5, 5.41) is 14.6. The number of ether oxygens (including phenoxy) is 3. The molecule has 0 saturated heterocycles. The molecule has 7 nitrogen and oxygen atoms in total. The van der Waals surface area contributed by atoms with Crippen LogP contribution in [0.25, 0.3) is 11.3 Å². The van der Waals surface area contributed by atoms with Crippen LogP contribution in [0.15, 0.2) is 24.3 Å². The SMILES string of the molecule is CCn1nc(C)c(C)c1/C(OC(C)OC(=O)OC)=C(\C#N)c1ccc(C(C)(C)C)cc1. The van der Waals surface area contributed by atoms with E-state index in [-0.39, 0.29) is 5.41 Å². The molecule has 7 heteroatoms. The van der Waals surface area contributed by atoms with Crippen molar-refractivity contribution < 1.29 is 19.0 Å². The standard InChI is InChI=1S/C24H31N3O4/c1-9-27-21(15(2)16(3)26-27)22(30-17(4)31-23(28)29-8)20(14-25)18-10-12-19(13-11-18)24(5,6)7/h10-13,17H,9H2,1-8H3/b22-20-. The zero-order valence-electron chi connectivity index (χ0n) is 19.6. The molecule has 1 heterocycles. The molecule has 1 atom stereocenters. The largest absolute Gasteiger partial charge is 0.511 e. The Morgan fingerprint density at radius 2 is 1.81 bits per heavy atom. The third-order valence-corrected chi connectivity index (χ3v) is 5.03. The lowest BCUT2D eigenvalue weighted by molar-refractivity contribution is -0.0620. The van der Waals surface area contributed by atoms with E-state index < -0.39 is 12.4 Å². The molecular formula is C24H31N3O4. The second-order valence-electron chi connectivity index (χ2n) is 8.28. The van der Waals surface area contributed by atoms with Crippen molar-refractivity contribution in [1.29, 1.82) is 5.26 Å². The minimum Gasteiger partial charge on any atom is -0.451 e. The summed E-state index contributed by atoms with van der Waals surface area (Å²) in [5.74, 6) is 0.308. The van der Waals surface area contributed by atoms with Gasteiger partial charge in [0.05, 0.1) is 12.8 Å². The average Bonchev–Trinajstić information content (AvgIpc) is 3.01. The predicted molar refractivity (Wildman–Crippen MR) is 119 cm³/mol. The van der Waals surface area contributed by atoms with E-state index >= 15 is 0 Å². The maximum atomic E-state index is 11.6.